The minimum atomic E-state index is -0.862. The molecular formula is C16H23FO2. The number of hydrogen-bond acceptors (Lipinski definition) is 1. The van der Waals surface area contributed by atoms with Crippen LogP contribution in [0, 0.1) is 5.82 Å². The van der Waals surface area contributed by atoms with Crippen LogP contribution in [-0.4, -0.2) is 11.1 Å². The molecule has 1 unspecified atom stereocenters. The Balaban J connectivity index is 2.44. The Morgan fingerprint density at radius 1 is 1.21 bits per heavy atom. The number of rotatable bonds is 9. The normalized spacial score (nSPS) is 12.3. The van der Waals surface area contributed by atoms with Crippen LogP contribution in [0.4, 0.5) is 4.39 Å². The molecule has 0 aromatic heterocycles. The highest BCUT2D eigenvalue weighted by Crippen LogP contribution is 2.24. The number of aliphatic carboxylic acids is 1. The van der Waals surface area contributed by atoms with Crippen LogP contribution in [0.15, 0.2) is 24.3 Å². The van der Waals surface area contributed by atoms with Crippen LogP contribution in [0.5, 0.6) is 0 Å². The first kappa shape index (κ1) is 15.7. The molecule has 0 aliphatic rings. The lowest BCUT2D eigenvalue weighted by Gasteiger charge is -2.12. The first-order valence-corrected chi connectivity index (χ1v) is 7.13. The first-order chi connectivity index (χ1) is 9.15. The predicted molar refractivity (Wildman–Crippen MR) is 74.8 cm³/mol. The smallest absolute Gasteiger partial charge is 0.310 e. The second-order valence-corrected chi connectivity index (χ2v) is 5.00. The first-order valence-electron chi connectivity index (χ1n) is 7.13. The summed E-state index contributed by atoms with van der Waals surface area (Å²) < 4.78 is 13.1. The van der Waals surface area contributed by atoms with Crippen LogP contribution in [-0.2, 0) is 4.79 Å². The second kappa shape index (κ2) is 8.68. The van der Waals surface area contributed by atoms with E-state index in [2.05, 4.69) is 6.92 Å². The van der Waals surface area contributed by atoms with Crippen LogP contribution in [0.25, 0.3) is 0 Å². The standard InChI is InChI=1S/C16H23FO2/c1-2-3-4-5-6-7-11-15(16(18)19)13-9-8-10-14(17)12-13/h8-10,12,15H,2-7,11H2,1H3,(H,18,19). The molecule has 1 aromatic carbocycles. The molecule has 3 heteroatoms. The second-order valence-electron chi connectivity index (χ2n) is 5.00. The maximum Gasteiger partial charge on any atom is 0.310 e. The van der Waals surface area contributed by atoms with Gasteiger partial charge >= 0.3 is 5.97 Å². The van der Waals surface area contributed by atoms with Gasteiger partial charge in [0.15, 0.2) is 0 Å². The van der Waals surface area contributed by atoms with Crippen molar-refractivity contribution in [2.24, 2.45) is 0 Å². The molecular weight excluding hydrogens is 243 g/mol. The maximum atomic E-state index is 13.1. The zero-order valence-corrected chi connectivity index (χ0v) is 11.6. The zero-order chi connectivity index (χ0) is 14.1. The van der Waals surface area contributed by atoms with Crippen LogP contribution in [0.2, 0.25) is 0 Å². The monoisotopic (exact) mass is 266 g/mol. The summed E-state index contributed by atoms with van der Waals surface area (Å²) in [6.07, 6.45) is 7.35. The van der Waals surface area contributed by atoms with Gasteiger partial charge in [0, 0.05) is 0 Å². The summed E-state index contributed by atoms with van der Waals surface area (Å²) >= 11 is 0. The van der Waals surface area contributed by atoms with Gasteiger partial charge in [-0.15, -0.1) is 0 Å². The average Bonchev–Trinajstić information content (AvgIpc) is 2.37. The lowest BCUT2D eigenvalue weighted by Crippen LogP contribution is -2.11. The minimum Gasteiger partial charge on any atom is -0.481 e. The fourth-order valence-electron chi connectivity index (χ4n) is 2.28. The zero-order valence-electron chi connectivity index (χ0n) is 11.6. The van der Waals surface area contributed by atoms with Gasteiger partial charge in [-0.2, -0.15) is 0 Å². The van der Waals surface area contributed by atoms with E-state index in [0.717, 1.165) is 19.3 Å². The quantitative estimate of drug-likeness (QED) is 0.655. The topological polar surface area (TPSA) is 37.3 Å². The maximum absolute atomic E-state index is 13.1. The van der Waals surface area contributed by atoms with Crippen molar-refractivity contribution < 1.29 is 14.3 Å². The van der Waals surface area contributed by atoms with Crippen molar-refractivity contribution in [2.75, 3.05) is 0 Å². The Bertz CT molecular complexity index is 390. The van der Waals surface area contributed by atoms with Crippen LogP contribution >= 0.6 is 0 Å². The highest BCUT2D eigenvalue weighted by molar-refractivity contribution is 5.75. The Morgan fingerprint density at radius 2 is 1.89 bits per heavy atom. The largest absolute Gasteiger partial charge is 0.481 e. The molecule has 1 atom stereocenters. The number of carboxylic acids is 1. The van der Waals surface area contributed by atoms with E-state index in [4.69, 9.17) is 0 Å². The van der Waals surface area contributed by atoms with Gasteiger partial charge in [-0.05, 0) is 24.1 Å². The molecule has 106 valence electrons. The Morgan fingerprint density at radius 3 is 2.53 bits per heavy atom. The van der Waals surface area contributed by atoms with E-state index in [1.165, 1.54) is 31.4 Å². The molecule has 1 rings (SSSR count). The molecule has 0 saturated heterocycles. The van der Waals surface area contributed by atoms with E-state index in [1.807, 2.05) is 0 Å². The third kappa shape index (κ3) is 5.86. The number of unbranched alkanes of at least 4 members (excludes halogenated alkanes) is 5. The molecule has 0 bridgehead atoms. The fourth-order valence-corrected chi connectivity index (χ4v) is 2.28. The molecule has 0 saturated carbocycles. The highest BCUT2D eigenvalue weighted by atomic mass is 19.1. The summed E-state index contributed by atoms with van der Waals surface area (Å²) in [5.41, 5.74) is 0.570. The molecule has 1 N–H and O–H groups in total. The SMILES string of the molecule is CCCCCCCCC(C(=O)O)c1cccc(F)c1. The predicted octanol–water partition coefficient (Wildman–Crippen LogP) is 4.74. The van der Waals surface area contributed by atoms with Gasteiger partial charge in [-0.1, -0.05) is 57.6 Å². The van der Waals surface area contributed by atoms with Crippen molar-refractivity contribution in [1.82, 2.24) is 0 Å². The van der Waals surface area contributed by atoms with E-state index in [1.54, 1.807) is 12.1 Å². The molecule has 0 fully saturated rings. The lowest BCUT2D eigenvalue weighted by molar-refractivity contribution is -0.139. The highest BCUT2D eigenvalue weighted by Gasteiger charge is 2.19. The van der Waals surface area contributed by atoms with Gasteiger partial charge in [0.2, 0.25) is 0 Å². The Hall–Kier alpha value is -1.38. The summed E-state index contributed by atoms with van der Waals surface area (Å²) in [5.74, 6) is -1.81. The molecule has 0 aliphatic carbocycles. The van der Waals surface area contributed by atoms with E-state index in [0.29, 0.717) is 12.0 Å². The van der Waals surface area contributed by atoms with Gasteiger partial charge in [-0.3, -0.25) is 4.79 Å². The molecule has 1 aromatic rings. The minimum absolute atomic E-state index is 0.369. The Labute approximate surface area is 114 Å². The van der Waals surface area contributed by atoms with E-state index < -0.39 is 11.9 Å². The molecule has 2 nitrogen and oxygen atoms in total. The average molecular weight is 266 g/mol. The third-order valence-corrected chi connectivity index (χ3v) is 3.40. The van der Waals surface area contributed by atoms with Gasteiger partial charge < -0.3 is 5.11 Å². The number of halogens is 1. The molecule has 0 amide bonds. The summed E-state index contributed by atoms with van der Waals surface area (Å²) in [6, 6.07) is 5.93. The van der Waals surface area contributed by atoms with Crippen molar-refractivity contribution in [3.8, 4) is 0 Å². The van der Waals surface area contributed by atoms with Crippen molar-refractivity contribution in [3.05, 3.63) is 35.6 Å². The number of carbonyl (C=O) groups is 1. The molecule has 19 heavy (non-hydrogen) atoms. The van der Waals surface area contributed by atoms with Crippen molar-refractivity contribution in [3.63, 3.8) is 0 Å². The Kier molecular flexibility index (Phi) is 7.16. The van der Waals surface area contributed by atoms with Crippen molar-refractivity contribution in [2.45, 2.75) is 57.8 Å². The molecule has 0 spiro atoms. The number of carboxylic acid groups (broad SMARTS) is 1. The summed E-state index contributed by atoms with van der Waals surface area (Å²) in [7, 11) is 0. The lowest BCUT2D eigenvalue weighted by atomic mass is 9.93. The van der Waals surface area contributed by atoms with Crippen LogP contribution < -0.4 is 0 Å². The van der Waals surface area contributed by atoms with E-state index in [-0.39, 0.29) is 5.82 Å². The van der Waals surface area contributed by atoms with E-state index >= 15 is 0 Å². The molecule has 0 heterocycles. The van der Waals surface area contributed by atoms with Gasteiger partial charge in [0.1, 0.15) is 5.82 Å². The number of hydrogen-bond donors (Lipinski definition) is 1. The van der Waals surface area contributed by atoms with Crippen LogP contribution in [0.3, 0.4) is 0 Å². The van der Waals surface area contributed by atoms with Crippen LogP contribution in [0.1, 0.15) is 63.4 Å². The fraction of sp³-hybridized carbons (Fsp3) is 0.562. The van der Waals surface area contributed by atoms with Gasteiger partial charge in [0.05, 0.1) is 5.92 Å². The summed E-state index contributed by atoms with van der Waals surface area (Å²) in [6.45, 7) is 2.17. The van der Waals surface area contributed by atoms with Crippen molar-refractivity contribution >= 4 is 5.97 Å². The third-order valence-electron chi connectivity index (χ3n) is 3.40. The molecule has 0 aliphatic heterocycles. The summed E-state index contributed by atoms with van der Waals surface area (Å²) in [5, 5.41) is 9.24. The van der Waals surface area contributed by atoms with E-state index in [9.17, 15) is 14.3 Å². The van der Waals surface area contributed by atoms with Gasteiger partial charge in [-0.25, -0.2) is 4.39 Å². The molecule has 0 radical (unpaired) electrons. The number of benzene rings is 1. The van der Waals surface area contributed by atoms with Crippen molar-refractivity contribution in [1.29, 1.82) is 0 Å². The summed E-state index contributed by atoms with van der Waals surface area (Å²) in [4.78, 5) is 11.3. The van der Waals surface area contributed by atoms with Gasteiger partial charge in [0.25, 0.3) is 0 Å².